The van der Waals surface area contributed by atoms with E-state index in [0.29, 0.717) is 34.1 Å². The van der Waals surface area contributed by atoms with Gasteiger partial charge in [-0.25, -0.2) is 0 Å². The lowest BCUT2D eigenvalue weighted by atomic mass is 10.2. The van der Waals surface area contributed by atoms with Gasteiger partial charge in [-0.3, -0.25) is 4.79 Å². The van der Waals surface area contributed by atoms with Crippen LogP contribution in [0.5, 0.6) is 17.2 Å². The topological polar surface area (TPSA) is 83.1 Å². The highest BCUT2D eigenvalue weighted by Crippen LogP contribution is 2.38. The molecular weight excluding hydrogens is 444 g/mol. The van der Waals surface area contributed by atoms with Crippen molar-refractivity contribution in [3.05, 3.63) is 56.9 Å². The predicted molar refractivity (Wildman–Crippen MR) is 115 cm³/mol. The summed E-state index contributed by atoms with van der Waals surface area (Å²) >= 11 is 4.65. The SMILES string of the molecule is COc1cc(/C=C2/SC(N)=NC2=O)cc(Br)c1OCCOc1ccccc1C. The molecule has 0 saturated carbocycles. The maximum atomic E-state index is 11.8. The van der Waals surface area contributed by atoms with Crippen LogP contribution in [0.3, 0.4) is 0 Å². The summed E-state index contributed by atoms with van der Waals surface area (Å²) in [5.74, 6) is 1.60. The number of carbonyl (C=O) groups is 1. The number of thioether (sulfide) groups is 1. The number of nitrogens with zero attached hydrogens (tertiary/aromatic N) is 1. The van der Waals surface area contributed by atoms with E-state index in [0.717, 1.165) is 28.6 Å². The maximum absolute atomic E-state index is 11.8. The molecule has 3 rings (SSSR count). The van der Waals surface area contributed by atoms with E-state index in [1.807, 2.05) is 37.3 Å². The second kappa shape index (κ2) is 9.16. The highest BCUT2D eigenvalue weighted by Gasteiger charge is 2.20. The van der Waals surface area contributed by atoms with Crippen LogP contribution in [0.15, 0.2) is 50.8 Å². The number of methoxy groups -OCH3 is 1. The number of nitrogens with two attached hydrogens (primary N) is 1. The van der Waals surface area contributed by atoms with Crippen molar-refractivity contribution >= 4 is 44.8 Å². The molecule has 1 aliphatic heterocycles. The van der Waals surface area contributed by atoms with E-state index >= 15 is 0 Å². The third-order valence-corrected chi connectivity index (χ3v) is 5.27. The van der Waals surface area contributed by atoms with E-state index in [9.17, 15) is 4.79 Å². The fraction of sp³-hybridized carbons (Fsp3) is 0.200. The van der Waals surface area contributed by atoms with Gasteiger partial charge in [0.1, 0.15) is 19.0 Å². The standard InChI is InChI=1S/C20H19BrN2O4S/c1-12-5-3-4-6-15(12)26-7-8-27-18-14(21)9-13(10-16(18)25-2)11-17-19(24)23-20(22)28-17/h3-6,9-11H,7-8H2,1-2H3,(H2,22,23,24)/b17-11+. The van der Waals surface area contributed by atoms with Gasteiger partial charge in [-0.05, 0) is 70.0 Å². The number of para-hydroxylation sites is 1. The molecule has 2 N–H and O–H groups in total. The number of aryl methyl sites for hydroxylation is 1. The fourth-order valence-electron chi connectivity index (χ4n) is 2.55. The van der Waals surface area contributed by atoms with Gasteiger partial charge in [-0.15, -0.1) is 0 Å². The number of aliphatic imine (C=N–C) groups is 1. The number of halogens is 1. The van der Waals surface area contributed by atoms with E-state index in [1.165, 1.54) is 0 Å². The second-order valence-corrected chi connectivity index (χ2v) is 7.78. The first-order valence-corrected chi connectivity index (χ1v) is 10.1. The highest BCUT2D eigenvalue weighted by molar-refractivity contribution is 9.10. The summed E-state index contributed by atoms with van der Waals surface area (Å²) in [7, 11) is 1.56. The molecule has 146 valence electrons. The molecule has 0 spiro atoms. The largest absolute Gasteiger partial charge is 0.493 e. The molecular formula is C20H19BrN2O4S. The van der Waals surface area contributed by atoms with Crippen molar-refractivity contribution in [3.8, 4) is 17.2 Å². The van der Waals surface area contributed by atoms with Crippen LogP contribution in [0.2, 0.25) is 0 Å². The van der Waals surface area contributed by atoms with Crippen molar-refractivity contribution in [2.24, 2.45) is 10.7 Å². The van der Waals surface area contributed by atoms with Crippen molar-refractivity contribution in [2.75, 3.05) is 20.3 Å². The lowest BCUT2D eigenvalue weighted by Gasteiger charge is -2.14. The Morgan fingerprint density at radius 2 is 1.93 bits per heavy atom. The van der Waals surface area contributed by atoms with Crippen LogP contribution in [-0.4, -0.2) is 31.4 Å². The van der Waals surface area contributed by atoms with Crippen LogP contribution in [0.1, 0.15) is 11.1 Å². The molecule has 0 bridgehead atoms. The third-order valence-electron chi connectivity index (χ3n) is 3.87. The lowest BCUT2D eigenvalue weighted by molar-refractivity contribution is -0.113. The van der Waals surface area contributed by atoms with Gasteiger partial charge in [-0.2, -0.15) is 4.99 Å². The average Bonchev–Trinajstić information content (AvgIpc) is 2.98. The highest BCUT2D eigenvalue weighted by atomic mass is 79.9. The minimum Gasteiger partial charge on any atom is -0.493 e. The van der Waals surface area contributed by atoms with Crippen LogP contribution in [-0.2, 0) is 4.79 Å². The normalized spacial score (nSPS) is 14.9. The zero-order valence-electron chi connectivity index (χ0n) is 15.4. The zero-order valence-corrected chi connectivity index (χ0v) is 17.8. The molecule has 6 nitrogen and oxygen atoms in total. The number of benzene rings is 2. The summed E-state index contributed by atoms with van der Waals surface area (Å²) in [6, 6.07) is 11.5. The van der Waals surface area contributed by atoms with Crippen molar-refractivity contribution in [1.82, 2.24) is 0 Å². The maximum Gasteiger partial charge on any atom is 0.286 e. The van der Waals surface area contributed by atoms with Gasteiger partial charge in [0.2, 0.25) is 0 Å². The molecule has 28 heavy (non-hydrogen) atoms. The number of hydrogen-bond donors (Lipinski definition) is 1. The Labute approximate surface area is 175 Å². The number of amides is 1. The van der Waals surface area contributed by atoms with E-state index < -0.39 is 0 Å². The van der Waals surface area contributed by atoms with Gasteiger partial charge < -0.3 is 19.9 Å². The van der Waals surface area contributed by atoms with Gasteiger partial charge in [0.05, 0.1) is 16.5 Å². The first kappa shape index (κ1) is 20.3. The molecule has 2 aromatic carbocycles. The van der Waals surface area contributed by atoms with E-state index in [2.05, 4.69) is 20.9 Å². The molecule has 1 aliphatic rings. The third kappa shape index (κ3) is 4.88. The van der Waals surface area contributed by atoms with Crippen molar-refractivity contribution in [3.63, 3.8) is 0 Å². The molecule has 0 aromatic heterocycles. The Morgan fingerprint density at radius 1 is 1.18 bits per heavy atom. The van der Waals surface area contributed by atoms with E-state index in [4.69, 9.17) is 19.9 Å². The quantitative estimate of drug-likeness (QED) is 0.491. The van der Waals surface area contributed by atoms with Crippen molar-refractivity contribution in [2.45, 2.75) is 6.92 Å². The monoisotopic (exact) mass is 462 g/mol. The average molecular weight is 463 g/mol. The summed E-state index contributed by atoms with van der Waals surface area (Å²) in [6.07, 6.45) is 1.72. The van der Waals surface area contributed by atoms with Gasteiger partial charge >= 0.3 is 0 Å². The summed E-state index contributed by atoms with van der Waals surface area (Å²) in [5, 5.41) is 0.246. The minimum atomic E-state index is -0.341. The molecule has 0 saturated heterocycles. The molecule has 0 fully saturated rings. The minimum absolute atomic E-state index is 0.246. The molecule has 8 heteroatoms. The molecule has 2 aromatic rings. The van der Waals surface area contributed by atoms with Crippen LogP contribution in [0.25, 0.3) is 6.08 Å². The van der Waals surface area contributed by atoms with Crippen LogP contribution in [0.4, 0.5) is 0 Å². The zero-order chi connectivity index (χ0) is 20.1. The number of carbonyl (C=O) groups excluding carboxylic acids is 1. The van der Waals surface area contributed by atoms with Crippen molar-refractivity contribution in [1.29, 1.82) is 0 Å². The number of ether oxygens (including phenoxy) is 3. The Bertz CT molecular complexity index is 959. The van der Waals surface area contributed by atoms with Gasteiger partial charge in [0, 0.05) is 0 Å². The molecule has 0 aliphatic carbocycles. The number of hydrogen-bond acceptors (Lipinski definition) is 6. The first-order valence-electron chi connectivity index (χ1n) is 8.44. The molecule has 0 atom stereocenters. The summed E-state index contributed by atoms with van der Waals surface area (Å²) in [4.78, 5) is 15.9. The van der Waals surface area contributed by atoms with Crippen LogP contribution < -0.4 is 19.9 Å². The molecule has 0 unspecified atom stereocenters. The smallest absolute Gasteiger partial charge is 0.286 e. The van der Waals surface area contributed by atoms with Crippen molar-refractivity contribution < 1.29 is 19.0 Å². The predicted octanol–water partition coefficient (Wildman–Crippen LogP) is 4.15. The van der Waals surface area contributed by atoms with Crippen LogP contribution in [0, 0.1) is 6.92 Å². The summed E-state index contributed by atoms with van der Waals surface area (Å²) < 4.78 is 17.8. The Morgan fingerprint density at radius 3 is 2.61 bits per heavy atom. The Kier molecular flexibility index (Phi) is 6.64. The van der Waals surface area contributed by atoms with Gasteiger partial charge in [0.25, 0.3) is 5.91 Å². The van der Waals surface area contributed by atoms with E-state index in [-0.39, 0.29) is 11.1 Å². The van der Waals surface area contributed by atoms with Gasteiger partial charge in [-0.1, -0.05) is 18.2 Å². The molecule has 0 radical (unpaired) electrons. The first-order chi connectivity index (χ1) is 13.5. The molecule has 1 amide bonds. The molecule has 1 heterocycles. The Balaban J connectivity index is 1.67. The number of amidine groups is 1. The van der Waals surface area contributed by atoms with Gasteiger partial charge in [0.15, 0.2) is 16.7 Å². The second-order valence-electron chi connectivity index (χ2n) is 5.86. The Hall–Kier alpha value is -2.45. The fourth-order valence-corrected chi connectivity index (χ4v) is 3.81. The summed E-state index contributed by atoms with van der Waals surface area (Å²) in [5.41, 5.74) is 7.43. The number of rotatable bonds is 7. The lowest BCUT2D eigenvalue weighted by Crippen LogP contribution is -2.10. The van der Waals surface area contributed by atoms with E-state index in [1.54, 1.807) is 19.3 Å². The van der Waals surface area contributed by atoms with Crippen LogP contribution >= 0.6 is 27.7 Å². The summed E-state index contributed by atoms with van der Waals surface area (Å²) in [6.45, 7) is 2.74.